The number of allylic oxidation sites excluding steroid dienone is 2. The smallest absolute Gasteiger partial charge is 0.225 e. The predicted molar refractivity (Wildman–Crippen MR) is 98.7 cm³/mol. The second kappa shape index (κ2) is 6.52. The molecule has 0 radical (unpaired) electrons. The molecule has 1 saturated carbocycles. The Labute approximate surface area is 147 Å². The number of carbonyl (C=O) groups is 1. The van der Waals surface area contributed by atoms with Gasteiger partial charge in [0.2, 0.25) is 5.91 Å². The lowest BCUT2D eigenvalue weighted by Crippen LogP contribution is -2.31. The van der Waals surface area contributed by atoms with Crippen LogP contribution in [-0.4, -0.2) is 10.9 Å². The van der Waals surface area contributed by atoms with Crippen LogP contribution in [0.3, 0.4) is 0 Å². The highest BCUT2D eigenvalue weighted by molar-refractivity contribution is 7.09. The van der Waals surface area contributed by atoms with Gasteiger partial charge < -0.3 is 5.32 Å². The molecule has 24 heavy (non-hydrogen) atoms. The van der Waals surface area contributed by atoms with Gasteiger partial charge in [-0.3, -0.25) is 4.79 Å². The number of aromatic nitrogens is 1. The Bertz CT molecular complexity index is 730. The van der Waals surface area contributed by atoms with Gasteiger partial charge in [0.05, 0.1) is 5.92 Å². The second-order valence-electron chi connectivity index (χ2n) is 7.29. The van der Waals surface area contributed by atoms with Crippen LogP contribution in [0.15, 0.2) is 53.6 Å². The SMILES string of the molecule is CC(C)=C[C@@H]1[C@H](C(=O)N[C@H](c2ccccc2)c2nccs2)C1(C)C. The minimum Gasteiger partial charge on any atom is -0.342 e. The topological polar surface area (TPSA) is 42.0 Å². The standard InChI is InChI=1S/C20H24N2OS/c1-13(2)12-15-16(20(15,3)4)18(23)22-17(19-21-10-11-24-19)14-8-6-5-7-9-14/h5-12,15-17H,1-4H3,(H,22,23)/t15-,16-,17-/m1/s1. The number of amides is 1. The number of carbonyl (C=O) groups excluding carboxylic acids is 1. The lowest BCUT2D eigenvalue weighted by Gasteiger charge is -2.17. The Morgan fingerprint density at radius 2 is 2.00 bits per heavy atom. The van der Waals surface area contributed by atoms with E-state index >= 15 is 0 Å². The molecule has 4 heteroatoms. The maximum atomic E-state index is 12.9. The zero-order chi connectivity index (χ0) is 17.3. The molecule has 1 N–H and O–H groups in total. The summed E-state index contributed by atoms with van der Waals surface area (Å²) in [4.78, 5) is 17.3. The van der Waals surface area contributed by atoms with Gasteiger partial charge in [-0.05, 0) is 30.7 Å². The number of hydrogen-bond donors (Lipinski definition) is 1. The van der Waals surface area contributed by atoms with Gasteiger partial charge in [-0.15, -0.1) is 11.3 Å². The molecule has 3 nitrogen and oxygen atoms in total. The number of thiazole rings is 1. The maximum Gasteiger partial charge on any atom is 0.225 e. The maximum absolute atomic E-state index is 12.9. The van der Waals surface area contributed by atoms with Crippen LogP contribution in [-0.2, 0) is 4.79 Å². The molecule has 1 aromatic carbocycles. The zero-order valence-corrected chi connectivity index (χ0v) is 15.4. The molecule has 1 amide bonds. The van der Waals surface area contributed by atoms with Crippen LogP contribution in [0.5, 0.6) is 0 Å². The third-order valence-corrected chi connectivity index (χ3v) is 5.66. The summed E-state index contributed by atoms with van der Waals surface area (Å²) in [5, 5.41) is 6.11. The number of hydrogen-bond acceptors (Lipinski definition) is 3. The number of rotatable bonds is 5. The van der Waals surface area contributed by atoms with Crippen molar-refractivity contribution in [2.45, 2.75) is 33.7 Å². The highest BCUT2D eigenvalue weighted by Gasteiger charge is 2.60. The third kappa shape index (κ3) is 3.29. The van der Waals surface area contributed by atoms with Gasteiger partial charge in [0.15, 0.2) is 0 Å². The lowest BCUT2D eigenvalue weighted by molar-refractivity contribution is -0.123. The molecule has 0 aliphatic heterocycles. The van der Waals surface area contributed by atoms with Crippen LogP contribution in [0.1, 0.15) is 44.3 Å². The first-order valence-corrected chi connectivity index (χ1v) is 9.19. The molecule has 1 fully saturated rings. The van der Waals surface area contributed by atoms with E-state index in [9.17, 15) is 4.79 Å². The van der Waals surface area contributed by atoms with Gasteiger partial charge in [0.25, 0.3) is 0 Å². The molecule has 1 aromatic heterocycles. The van der Waals surface area contributed by atoms with Crippen molar-refractivity contribution in [3.05, 3.63) is 64.1 Å². The fourth-order valence-electron chi connectivity index (χ4n) is 3.39. The lowest BCUT2D eigenvalue weighted by atomic mass is 10.1. The van der Waals surface area contributed by atoms with E-state index in [0.29, 0.717) is 5.92 Å². The van der Waals surface area contributed by atoms with Crippen molar-refractivity contribution in [1.29, 1.82) is 0 Å². The minimum atomic E-state index is -0.178. The second-order valence-corrected chi connectivity index (χ2v) is 8.22. The van der Waals surface area contributed by atoms with Crippen molar-refractivity contribution in [2.24, 2.45) is 17.3 Å². The molecule has 0 unspecified atom stereocenters. The Morgan fingerprint density at radius 3 is 2.58 bits per heavy atom. The fraction of sp³-hybridized carbons (Fsp3) is 0.400. The molecular weight excluding hydrogens is 316 g/mol. The molecule has 2 aromatic rings. The monoisotopic (exact) mass is 340 g/mol. The first-order valence-electron chi connectivity index (χ1n) is 8.31. The van der Waals surface area contributed by atoms with E-state index in [-0.39, 0.29) is 23.3 Å². The summed E-state index contributed by atoms with van der Waals surface area (Å²) in [5.41, 5.74) is 2.35. The summed E-state index contributed by atoms with van der Waals surface area (Å²) < 4.78 is 0. The van der Waals surface area contributed by atoms with Crippen molar-refractivity contribution in [1.82, 2.24) is 10.3 Å². The van der Waals surface area contributed by atoms with Gasteiger partial charge in [-0.2, -0.15) is 0 Å². The van der Waals surface area contributed by atoms with Crippen LogP contribution < -0.4 is 5.32 Å². The van der Waals surface area contributed by atoms with Gasteiger partial charge in [0, 0.05) is 11.6 Å². The quantitative estimate of drug-likeness (QED) is 0.809. The fourth-order valence-corrected chi connectivity index (χ4v) is 4.10. The third-order valence-electron chi connectivity index (χ3n) is 4.82. The summed E-state index contributed by atoms with van der Waals surface area (Å²) in [6.07, 6.45) is 4.01. The Kier molecular flexibility index (Phi) is 4.59. The summed E-state index contributed by atoms with van der Waals surface area (Å²) in [6, 6.07) is 9.88. The number of benzene rings is 1. The highest BCUT2D eigenvalue weighted by Crippen LogP contribution is 2.59. The molecule has 3 rings (SSSR count). The van der Waals surface area contributed by atoms with Crippen LogP contribution >= 0.6 is 11.3 Å². The van der Waals surface area contributed by atoms with Crippen molar-refractivity contribution in [3.8, 4) is 0 Å². The van der Waals surface area contributed by atoms with Crippen molar-refractivity contribution >= 4 is 17.2 Å². The van der Waals surface area contributed by atoms with Crippen LogP contribution in [0.2, 0.25) is 0 Å². The van der Waals surface area contributed by atoms with E-state index < -0.39 is 0 Å². The summed E-state index contributed by atoms with van der Waals surface area (Å²) in [6.45, 7) is 8.52. The van der Waals surface area contributed by atoms with E-state index in [1.165, 1.54) is 5.57 Å². The number of nitrogens with one attached hydrogen (secondary N) is 1. The van der Waals surface area contributed by atoms with E-state index in [2.05, 4.69) is 44.1 Å². The van der Waals surface area contributed by atoms with E-state index in [1.807, 2.05) is 35.7 Å². The first-order chi connectivity index (χ1) is 11.4. The molecule has 126 valence electrons. The van der Waals surface area contributed by atoms with Crippen LogP contribution in [0, 0.1) is 17.3 Å². The van der Waals surface area contributed by atoms with E-state index in [4.69, 9.17) is 0 Å². The average Bonchev–Trinajstić information content (AvgIpc) is 2.93. The minimum absolute atomic E-state index is 0.0193. The van der Waals surface area contributed by atoms with Crippen LogP contribution in [0.4, 0.5) is 0 Å². The molecule has 1 aliphatic rings. The first kappa shape index (κ1) is 16.9. The van der Waals surface area contributed by atoms with Gasteiger partial charge >= 0.3 is 0 Å². The normalized spacial score (nSPS) is 22.5. The Balaban J connectivity index is 1.82. The summed E-state index contributed by atoms with van der Waals surface area (Å²) in [7, 11) is 0. The zero-order valence-electron chi connectivity index (χ0n) is 14.6. The molecular formula is C20H24N2OS. The van der Waals surface area contributed by atoms with Crippen molar-refractivity contribution < 1.29 is 4.79 Å². The van der Waals surface area contributed by atoms with Crippen LogP contribution in [0.25, 0.3) is 0 Å². The van der Waals surface area contributed by atoms with E-state index in [0.717, 1.165) is 10.6 Å². The molecule has 3 atom stereocenters. The van der Waals surface area contributed by atoms with Gasteiger partial charge in [-0.1, -0.05) is 55.8 Å². The molecule has 1 aliphatic carbocycles. The summed E-state index contributed by atoms with van der Waals surface area (Å²) in [5.74, 6) is 0.459. The Morgan fingerprint density at radius 1 is 1.29 bits per heavy atom. The van der Waals surface area contributed by atoms with Gasteiger partial charge in [-0.25, -0.2) is 4.98 Å². The molecule has 0 spiro atoms. The molecule has 0 saturated heterocycles. The largest absolute Gasteiger partial charge is 0.342 e. The van der Waals surface area contributed by atoms with Crippen molar-refractivity contribution in [2.75, 3.05) is 0 Å². The number of nitrogens with zero attached hydrogens (tertiary/aromatic N) is 1. The molecule has 1 heterocycles. The van der Waals surface area contributed by atoms with Crippen molar-refractivity contribution in [3.63, 3.8) is 0 Å². The average molecular weight is 340 g/mol. The Hall–Kier alpha value is -1.94. The van der Waals surface area contributed by atoms with E-state index in [1.54, 1.807) is 17.5 Å². The predicted octanol–water partition coefficient (Wildman–Crippen LogP) is 4.59. The molecule has 0 bridgehead atoms. The van der Waals surface area contributed by atoms with Gasteiger partial charge in [0.1, 0.15) is 11.0 Å². The summed E-state index contributed by atoms with van der Waals surface area (Å²) >= 11 is 1.57. The highest BCUT2D eigenvalue weighted by atomic mass is 32.1.